The molecule has 0 saturated heterocycles. The van der Waals surface area contributed by atoms with Crippen molar-refractivity contribution in [2.24, 2.45) is 0 Å². The molecule has 0 radical (unpaired) electrons. The molecule has 0 saturated carbocycles. The molecule has 124 valence electrons. The third-order valence-electron chi connectivity index (χ3n) is 3.68. The summed E-state index contributed by atoms with van der Waals surface area (Å²) in [5.74, 6) is 0.271. The van der Waals surface area contributed by atoms with E-state index in [1.54, 1.807) is 12.1 Å². The van der Waals surface area contributed by atoms with Crippen LogP contribution in [0.3, 0.4) is 0 Å². The summed E-state index contributed by atoms with van der Waals surface area (Å²) in [5.41, 5.74) is 1.63. The van der Waals surface area contributed by atoms with Gasteiger partial charge in [-0.15, -0.1) is 0 Å². The predicted molar refractivity (Wildman–Crippen MR) is 89.8 cm³/mol. The summed E-state index contributed by atoms with van der Waals surface area (Å²) in [5, 5.41) is 7.49. The lowest BCUT2D eigenvalue weighted by Crippen LogP contribution is -2.23. The standard InChI is InChI=1S/C17H13N5O3/c23-14-8-11(5-6-18-14)16-21-15(25-22-16)9-19-17(24)13-7-10-3-1-2-4-12(10)20-13/h1-8,20H,9H2,(H,18,23)(H,19,24). The van der Waals surface area contributed by atoms with E-state index in [0.717, 1.165) is 10.9 Å². The van der Waals surface area contributed by atoms with E-state index in [9.17, 15) is 9.59 Å². The Morgan fingerprint density at radius 1 is 1.20 bits per heavy atom. The number of hydrogen-bond donors (Lipinski definition) is 3. The zero-order chi connectivity index (χ0) is 17.2. The van der Waals surface area contributed by atoms with Crippen molar-refractivity contribution in [3.63, 3.8) is 0 Å². The molecule has 25 heavy (non-hydrogen) atoms. The Hall–Kier alpha value is -3.68. The highest BCUT2D eigenvalue weighted by atomic mass is 16.5. The Balaban J connectivity index is 1.46. The lowest BCUT2D eigenvalue weighted by Gasteiger charge is -1.99. The van der Waals surface area contributed by atoms with Gasteiger partial charge in [0.25, 0.3) is 5.91 Å². The van der Waals surface area contributed by atoms with Gasteiger partial charge in [0.1, 0.15) is 5.69 Å². The highest BCUT2D eigenvalue weighted by Crippen LogP contribution is 2.15. The minimum atomic E-state index is -0.271. The molecule has 0 aliphatic heterocycles. The summed E-state index contributed by atoms with van der Waals surface area (Å²) >= 11 is 0. The number of rotatable bonds is 4. The van der Waals surface area contributed by atoms with Gasteiger partial charge in [0.05, 0.1) is 6.54 Å². The zero-order valence-corrected chi connectivity index (χ0v) is 12.9. The van der Waals surface area contributed by atoms with Crippen LogP contribution in [0.4, 0.5) is 0 Å². The van der Waals surface area contributed by atoms with Gasteiger partial charge in [0, 0.05) is 28.7 Å². The average Bonchev–Trinajstić information content (AvgIpc) is 3.26. The molecule has 3 aromatic heterocycles. The third-order valence-corrected chi connectivity index (χ3v) is 3.68. The quantitative estimate of drug-likeness (QED) is 0.526. The molecule has 3 N–H and O–H groups in total. The van der Waals surface area contributed by atoms with Gasteiger partial charge in [0.2, 0.25) is 17.3 Å². The number of nitrogens with zero attached hydrogens (tertiary/aromatic N) is 2. The maximum atomic E-state index is 12.2. The van der Waals surface area contributed by atoms with Gasteiger partial charge >= 0.3 is 0 Å². The van der Waals surface area contributed by atoms with Crippen molar-refractivity contribution in [3.8, 4) is 11.4 Å². The second-order valence-corrected chi connectivity index (χ2v) is 5.41. The van der Waals surface area contributed by atoms with E-state index in [0.29, 0.717) is 17.1 Å². The Morgan fingerprint density at radius 2 is 2.08 bits per heavy atom. The van der Waals surface area contributed by atoms with Crippen LogP contribution in [0.2, 0.25) is 0 Å². The molecule has 0 bridgehead atoms. The lowest BCUT2D eigenvalue weighted by molar-refractivity contribution is 0.0942. The van der Waals surface area contributed by atoms with Crippen molar-refractivity contribution in [1.29, 1.82) is 0 Å². The lowest BCUT2D eigenvalue weighted by atomic mass is 10.2. The Labute approximate surface area is 140 Å². The van der Waals surface area contributed by atoms with Crippen LogP contribution in [0.1, 0.15) is 16.4 Å². The van der Waals surface area contributed by atoms with Crippen LogP contribution in [-0.4, -0.2) is 26.0 Å². The molecule has 0 atom stereocenters. The van der Waals surface area contributed by atoms with Crippen LogP contribution < -0.4 is 10.9 Å². The summed E-state index contributed by atoms with van der Waals surface area (Å²) < 4.78 is 5.11. The van der Waals surface area contributed by atoms with Gasteiger partial charge in [-0.3, -0.25) is 9.59 Å². The van der Waals surface area contributed by atoms with E-state index in [1.807, 2.05) is 24.3 Å². The highest BCUT2D eigenvalue weighted by molar-refractivity contribution is 5.97. The number of fused-ring (bicyclic) bond motifs is 1. The molecule has 8 nitrogen and oxygen atoms in total. The Kier molecular flexibility index (Phi) is 3.62. The molecular weight excluding hydrogens is 322 g/mol. The number of aromatic amines is 2. The van der Waals surface area contributed by atoms with Crippen molar-refractivity contribution >= 4 is 16.8 Å². The van der Waals surface area contributed by atoms with Crippen molar-refractivity contribution < 1.29 is 9.32 Å². The summed E-state index contributed by atoms with van der Waals surface area (Å²) in [7, 11) is 0. The molecule has 8 heteroatoms. The number of carbonyl (C=O) groups excluding carboxylic acids is 1. The summed E-state index contributed by atoms with van der Waals surface area (Å²) in [6.07, 6.45) is 1.51. The van der Waals surface area contributed by atoms with Gasteiger partial charge in [-0.25, -0.2) is 0 Å². The molecule has 0 aliphatic carbocycles. The fourth-order valence-electron chi connectivity index (χ4n) is 2.47. The first kappa shape index (κ1) is 14.9. The smallest absolute Gasteiger partial charge is 0.268 e. The number of amides is 1. The van der Waals surface area contributed by atoms with E-state index in [-0.39, 0.29) is 23.9 Å². The van der Waals surface area contributed by atoms with Gasteiger partial charge in [-0.05, 0) is 18.2 Å². The number of pyridine rings is 1. The first-order valence-electron chi connectivity index (χ1n) is 7.57. The maximum absolute atomic E-state index is 12.2. The zero-order valence-electron chi connectivity index (χ0n) is 12.9. The molecule has 0 unspecified atom stereocenters. The molecule has 1 aromatic carbocycles. The largest absolute Gasteiger partial charge is 0.351 e. The second-order valence-electron chi connectivity index (χ2n) is 5.41. The van der Waals surface area contributed by atoms with E-state index in [4.69, 9.17) is 4.52 Å². The van der Waals surface area contributed by atoms with E-state index < -0.39 is 0 Å². The number of H-pyrrole nitrogens is 2. The van der Waals surface area contributed by atoms with E-state index in [2.05, 4.69) is 25.4 Å². The molecule has 0 spiro atoms. The Bertz CT molecular complexity index is 1080. The minimum absolute atomic E-state index is 0.0877. The van der Waals surface area contributed by atoms with Crippen molar-refractivity contribution in [3.05, 3.63) is 70.6 Å². The molecular formula is C17H13N5O3. The SMILES string of the molecule is O=C(NCc1nc(-c2cc[nH]c(=O)c2)no1)c1cc2ccccc2[nH]1. The third kappa shape index (κ3) is 3.05. The number of para-hydroxylation sites is 1. The number of carbonyl (C=O) groups is 1. The molecule has 1 amide bonds. The van der Waals surface area contributed by atoms with Crippen molar-refractivity contribution in [2.75, 3.05) is 0 Å². The van der Waals surface area contributed by atoms with Crippen molar-refractivity contribution in [1.82, 2.24) is 25.4 Å². The van der Waals surface area contributed by atoms with Crippen LogP contribution in [-0.2, 0) is 6.54 Å². The van der Waals surface area contributed by atoms with Crippen LogP contribution in [0.25, 0.3) is 22.3 Å². The monoisotopic (exact) mass is 335 g/mol. The van der Waals surface area contributed by atoms with Crippen molar-refractivity contribution in [2.45, 2.75) is 6.54 Å². The summed E-state index contributed by atoms with van der Waals surface area (Å²) in [4.78, 5) is 33.3. The maximum Gasteiger partial charge on any atom is 0.268 e. The normalized spacial score (nSPS) is 10.9. The molecule has 0 aliphatic rings. The number of hydrogen-bond acceptors (Lipinski definition) is 5. The van der Waals surface area contributed by atoms with Crippen LogP contribution in [0.5, 0.6) is 0 Å². The first-order chi connectivity index (χ1) is 12.2. The van der Waals surface area contributed by atoms with Gasteiger partial charge < -0.3 is 19.8 Å². The molecule has 4 rings (SSSR count). The number of aromatic nitrogens is 4. The number of nitrogens with one attached hydrogen (secondary N) is 3. The topological polar surface area (TPSA) is 117 Å². The van der Waals surface area contributed by atoms with Crippen LogP contribution in [0, 0.1) is 0 Å². The average molecular weight is 335 g/mol. The van der Waals surface area contributed by atoms with Crippen LogP contribution >= 0.6 is 0 Å². The summed E-state index contributed by atoms with van der Waals surface area (Å²) in [6, 6.07) is 12.4. The molecule has 4 aromatic rings. The van der Waals surface area contributed by atoms with Crippen LogP contribution in [0.15, 0.2) is 58.0 Å². The Morgan fingerprint density at radius 3 is 2.92 bits per heavy atom. The molecule has 3 heterocycles. The van der Waals surface area contributed by atoms with Gasteiger partial charge in [-0.1, -0.05) is 23.4 Å². The van der Waals surface area contributed by atoms with E-state index in [1.165, 1.54) is 12.3 Å². The fourth-order valence-corrected chi connectivity index (χ4v) is 2.47. The minimum Gasteiger partial charge on any atom is -0.351 e. The summed E-state index contributed by atoms with van der Waals surface area (Å²) in [6.45, 7) is 0.0877. The predicted octanol–water partition coefficient (Wildman–Crippen LogP) is 1.84. The number of benzene rings is 1. The first-order valence-corrected chi connectivity index (χ1v) is 7.57. The highest BCUT2D eigenvalue weighted by Gasteiger charge is 2.12. The van der Waals surface area contributed by atoms with Gasteiger partial charge in [-0.2, -0.15) is 4.98 Å². The van der Waals surface area contributed by atoms with E-state index >= 15 is 0 Å². The second kappa shape index (κ2) is 6.08. The molecule has 0 fully saturated rings. The van der Waals surface area contributed by atoms with Gasteiger partial charge in [0.15, 0.2) is 0 Å². The fraction of sp³-hybridized carbons (Fsp3) is 0.0588.